The number of rotatable bonds is 4. The first kappa shape index (κ1) is 8.96. The molecular formula is C6H10N2OS2. The Hall–Kier alpha value is -0.130. The molecule has 0 bridgehead atoms. The van der Waals surface area contributed by atoms with E-state index in [1.54, 1.807) is 17.3 Å². The highest BCUT2D eigenvalue weighted by Gasteiger charge is 2.05. The summed E-state index contributed by atoms with van der Waals surface area (Å²) < 4.78 is 0.978. The maximum Gasteiger partial charge on any atom is 0.174 e. The predicted octanol–water partition coefficient (Wildman–Crippen LogP) is 1.40. The Labute approximate surface area is 73.9 Å². The summed E-state index contributed by atoms with van der Waals surface area (Å²) >= 11 is 3.20. The molecule has 0 aromatic carbocycles. The average molecular weight is 190 g/mol. The van der Waals surface area contributed by atoms with Crippen LogP contribution in [0.25, 0.3) is 0 Å². The maximum atomic E-state index is 8.62. The fourth-order valence-corrected chi connectivity index (χ4v) is 2.41. The van der Waals surface area contributed by atoms with Gasteiger partial charge in [-0.3, -0.25) is 0 Å². The number of aromatic nitrogens is 2. The number of hydrogen-bond donors (Lipinski definition) is 1. The van der Waals surface area contributed by atoms with Crippen molar-refractivity contribution in [3.05, 3.63) is 5.51 Å². The Kier molecular flexibility index (Phi) is 3.82. The first-order chi connectivity index (χ1) is 5.33. The van der Waals surface area contributed by atoms with Crippen molar-refractivity contribution >= 4 is 23.1 Å². The van der Waals surface area contributed by atoms with Crippen LogP contribution < -0.4 is 0 Å². The lowest BCUT2D eigenvalue weighted by atomic mass is 10.4. The summed E-state index contributed by atoms with van der Waals surface area (Å²) in [7, 11) is 0. The van der Waals surface area contributed by atoms with Crippen molar-refractivity contribution in [2.75, 3.05) is 6.61 Å². The van der Waals surface area contributed by atoms with Crippen LogP contribution in [0, 0.1) is 0 Å². The second-order valence-electron chi connectivity index (χ2n) is 2.15. The molecule has 0 aliphatic rings. The SMILES string of the molecule is CC(CCO)Sc1nncs1. The number of thioether (sulfide) groups is 1. The highest BCUT2D eigenvalue weighted by atomic mass is 32.2. The monoisotopic (exact) mass is 190 g/mol. The normalized spacial score (nSPS) is 13.3. The number of aliphatic hydroxyl groups excluding tert-OH is 1. The number of aliphatic hydroxyl groups is 1. The van der Waals surface area contributed by atoms with Crippen LogP contribution in [0.5, 0.6) is 0 Å². The molecule has 3 nitrogen and oxygen atoms in total. The predicted molar refractivity (Wildman–Crippen MR) is 46.9 cm³/mol. The van der Waals surface area contributed by atoms with Gasteiger partial charge in [-0.05, 0) is 6.42 Å². The van der Waals surface area contributed by atoms with Gasteiger partial charge >= 0.3 is 0 Å². The van der Waals surface area contributed by atoms with Crippen LogP contribution in [0.3, 0.4) is 0 Å². The third kappa shape index (κ3) is 3.18. The van der Waals surface area contributed by atoms with Crippen LogP contribution in [0.4, 0.5) is 0 Å². The van der Waals surface area contributed by atoms with Crippen molar-refractivity contribution in [2.24, 2.45) is 0 Å². The molecule has 0 saturated carbocycles. The van der Waals surface area contributed by atoms with Gasteiger partial charge in [0.2, 0.25) is 0 Å². The van der Waals surface area contributed by atoms with Gasteiger partial charge in [0.05, 0.1) is 0 Å². The minimum atomic E-state index is 0.243. The van der Waals surface area contributed by atoms with Gasteiger partial charge in [0, 0.05) is 11.9 Å². The van der Waals surface area contributed by atoms with E-state index in [0.717, 1.165) is 10.8 Å². The molecule has 0 radical (unpaired) electrons. The Balaban J connectivity index is 2.31. The van der Waals surface area contributed by atoms with E-state index in [-0.39, 0.29) is 6.61 Å². The Morgan fingerprint density at radius 1 is 1.82 bits per heavy atom. The first-order valence-electron chi connectivity index (χ1n) is 3.36. The van der Waals surface area contributed by atoms with E-state index in [2.05, 4.69) is 17.1 Å². The van der Waals surface area contributed by atoms with E-state index in [9.17, 15) is 0 Å². The molecule has 1 aromatic heterocycles. The summed E-state index contributed by atoms with van der Waals surface area (Å²) in [5.41, 5.74) is 1.72. The van der Waals surface area contributed by atoms with Crippen molar-refractivity contribution in [2.45, 2.75) is 22.9 Å². The molecule has 0 aliphatic heterocycles. The molecule has 1 unspecified atom stereocenters. The molecule has 0 aliphatic carbocycles. The molecule has 0 saturated heterocycles. The van der Waals surface area contributed by atoms with E-state index in [0.29, 0.717) is 5.25 Å². The summed E-state index contributed by atoms with van der Waals surface area (Å²) in [6.45, 7) is 2.31. The number of hydrogen-bond acceptors (Lipinski definition) is 5. The van der Waals surface area contributed by atoms with E-state index >= 15 is 0 Å². The van der Waals surface area contributed by atoms with Gasteiger partial charge < -0.3 is 5.11 Å². The van der Waals surface area contributed by atoms with Crippen molar-refractivity contribution in [3.8, 4) is 0 Å². The largest absolute Gasteiger partial charge is 0.396 e. The van der Waals surface area contributed by atoms with Crippen molar-refractivity contribution in [1.82, 2.24) is 10.2 Å². The molecule has 1 atom stereocenters. The molecule has 1 rings (SSSR count). The average Bonchev–Trinajstić information content (AvgIpc) is 2.40. The van der Waals surface area contributed by atoms with Gasteiger partial charge in [0.25, 0.3) is 0 Å². The van der Waals surface area contributed by atoms with Crippen LogP contribution >= 0.6 is 23.1 Å². The maximum absolute atomic E-state index is 8.62. The topological polar surface area (TPSA) is 46.0 Å². The molecular weight excluding hydrogens is 180 g/mol. The van der Waals surface area contributed by atoms with Gasteiger partial charge in [0.15, 0.2) is 4.34 Å². The Bertz CT molecular complexity index is 190. The lowest BCUT2D eigenvalue weighted by Gasteiger charge is -2.04. The highest BCUT2D eigenvalue weighted by molar-refractivity contribution is 8.01. The van der Waals surface area contributed by atoms with Gasteiger partial charge in [0.1, 0.15) is 5.51 Å². The van der Waals surface area contributed by atoms with Crippen LogP contribution in [0.15, 0.2) is 9.85 Å². The summed E-state index contributed by atoms with van der Waals surface area (Å²) in [4.78, 5) is 0. The molecule has 0 amide bonds. The van der Waals surface area contributed by atoms with Gasteiger partial charge in [-0.2, -0.15) is 0 Å². The standard InChI is InChI=1S/C6H10N2OS2/c1-5(2-3-9)11-6-8-7-4-10-6/h4-5,9H,2-3H2,1H3. The summed E-state index contributed by atoms with van der Waals surface area (Å²) in [6.07, 6.45) is 0.810. The van der Waals surface area contributed by atoms with Crippen LogP contribution in [-0.2, 0) is 0 Å². The Morgan fingerprint density at radius 3 is 3.18 bits per heavy atom. The van der Waals surface area contributed by atoms with Gasteiger partial charge in [-0.25, -0.2) is 0 Å². The summed E-state index contributed by atoms with van der Waals surface area (Å²) in [6, 6.07) is 0. The van der Waals surface area contributed by atoms with Crippen molar-refractivity contribution in [3.63, 3.8) is 0 Å². The second-order valence-corrected chi connectivity index (χ2v) is 4.66. The fraction of sp³-hybridized carbons (Fsp3) is 0.667. The van der Waals surface area contributed by atoms with E-state index in [1.807, 2.05) is 0 Å². The van der Waals surface area contributed by atoms with E-state index in [1.165, 1.54) is 11.3 Å². The quantitative estimate of drug-likeness (QED) is 0.729. The molecule has 62 valence electrons. The minimum absolute atomic E-state index is 0.243. The van der Waals surface area contributed by atoms with Gasteiger partial charge in [-0.15, -0.1) is 10.2 Å². The van der Waals surface area contributed by atoms with Crippen molar-refractivity contribution in [1.29, 1.82) is 0 Å². The molecule has 1 N–H and O–H groups in total. The molecule has 1 heterocycles. The van der Waals surface area contributed by atoms with Gasteiger partial charge in [-0.1, -0.05) is 30.0 Å². The smallest absolute Gasteiger partial charge is 0.174 e. The first-order valence-corrected chi connectivity index (χ1v) is 5.12. The third-order valence-electron chi connectivity index (χ3n) is 1.18. The minimum Gasteiger partial charge on any atom is -0.396 e. The highest BCUT2D eigenvalue weighted by Crippen LogP contribution is 2.25. The van der Waals surface area contributed by atoms with Crippen LogP contribution in [-0.4, -0.2) is 27.2 Å². The third-order valence-corrected chi connectivity index (χ3v) is 3.16. The zero-order chi connectivity index (χ0) is 8.10. The number of nitrogens with zero attached hydrogens (tertiary/aromatic N) is 2. The molecule has 11 heavy (non-hydrogen) atoms. The lowest BCUT2D eigenvalue weighted by Crippen LogP contribution is -1.98. The molecule has 5 heteroatoms. The van der Waals surface area contributed by atoms with E-state index in [4.69, 9.17) is 5.11 Å². The molecule has 1 aromatic rings. The van der Waals surface area contributed by atoms with Crippen molar-refractivity contribution < 1.29 is 5.11 Å². The summed E-state index contributed by atoms with van der Waals surface area (Å²) in [5.74, 6) is 0. The zero-order valence-electron chi connectivity index (χ0n) is 6.23. The van der Waals surface area contributed by atoms with Crippen LogP contribution in [0.2, 0.25) is 0 Å². The van der Waals surface area contributed by atoms with Crippen LogP contribution in [0.1, 0.15) is 13.3 Å². The van der Waals surface area contributed by atoms with E-state index < -0.39 is 0 Å². The summed E-state index contributed by atoms with van der Waals surface area (Å²) in [5, 5.41) is 16.7. The fourth-order valence-electron chi connectivity index (χ4n) is 0.627. The molecule has 0 spiro atoms. The second kappa shape index (κ2) is 4.69. The molecule has 0 fully saturated rings. The Morgan fingerprint density at radius 2 is 2.64 bits per heavy atom. The lowest BCUT2D eigenvalue weighted by molar-refractivity contribution is 0.289. The zero-order valence-corrected chi connectivity index (χ0v) is 7.86.